The van der Waals surface area contributed by atoms with Crippen LogP contribution in [0, 0.1) is 17.2 Å². The van der Waals surface area contributed by atoms with Crippen LogP contribution in [0.3, 0.4) is 0 Å². The Kier molecular flexibility index (Phi) is 2.91. The summed E-state index contributed by atoms with van der Waals surface area (Å²) in [6.07, 6.45) is 1.31. The molecule has 0 aromatic heterocycles. The number of anilines is 1. The quantitative estimate of drug-likeness (QED) is 0.757. The normalized spacial score (nSPS) is 19.9. The number of carbonyl (C=O) groups excluding carboxylic acids is 1. The van der Waals surface area contributed by atoms with Crippen LogP contribution >= 0.6 is 0 Å². The van der Waals surface area contributed by atoms with Crippen LogP contribution in [-0.4, -0.2) is 12.5 Å². The lowest BCUT2D eigenvalue weighted by Gasteiger charge is -2.16. The molecule has 1 saturated heterocycles. The lowest BCUT2D eigenvalue weighted by Crippen LogP contribution is -2.24. The van der Waals surface area contributed by atoms with E-state index in [1.165, 1.54) is 5.56 Å². The molecule has 3 heteroatoms. The molecular weight excluding hydrogens is 200 g/mol. The summed E-state index contributed by atoms with van der Waals surface area (Å²) in [5.41, 5.74) is 2.13. The van der Waals surface area contributed by atoms with E-state index in [1.54, 1.807) is 4.90 Å². The fourth-order valence-corrected chi connectivity index (χ4v) is 1.99. The van der Waals surface area contributed by atoms with Gasteiger partial charge in [-0.1, -0.05) is 19.1 Å². The van der Waals surface area contributed by atoms with Gasteiger partial charge in [0, 0.05) is 18.7 Å². The van der Waals surface area contributed by atoms with Crippen molar-refractivity contribution in [2.75, 3.05) is 11.4 Å². The van der Waals surface area contributed by atoms with Gasteiger partial charge in [-0.25, -0.2) is 0 Å². The summed E-state index contributed by atoms with van der Waals surface area (Å²) in [5, 5.41) is 8.82. The second kappa shape index (κ2) is 4.36. The number of nitriles is 1. The summed E-state index contributed by atoms with van der Waals surface area (Å²) in [6.45, 7) is 2.62. The monoisotopic (exact) mass is 214 g/mol. The smallest absolute Gasteiger partial charge is 0.228 e. The van der Waals surface area contributed by atoms with Gasteiger partial charge in [0.1, 0.15) is 0 Å². The van der Waals surface area contributed by atoms with Crippen molar-refractivity contribution in [2.24, 2.45) is 5.92 Å². The minimum absolute atomic E-state index is 0.0554. The van der Waals surface area contributed by atoms with Crippen molar-refractivity contribution in [3.8, 4) is 6.07 Å². The Balaban J connectivity index is 2.24. The highest BCUT2D eigenvalue weighted by atomic mass is 16.2. The van der Waals surface area contributed by atoms with Crippen LogP contribution in [0.25, 0.3) is 0 Å². The summed E-state index contributed by atoms with van der Waals surface area (Å²) in [4.78, 5) is 13.4. The molecule has 0 radical (unpaired) electrons. The van der Waals surface area contributed by atoms with Crippen LogP contribution in [0.4, 0.5) is 5.69 Å². The molecule has 0 N–H and O–H groups in total. The third kappa shape index (κ3) is 1.92. The Morgan fingerprint density at radius 1 is 1.56 bits per heavy atom. The third-order valence-corrected chi connectivity index (χ3v) is 2.94. The topological polar surface area (TPSA) is 44.1 Å². The molecule has 16 heavy (non-hydrogen) atoms. The van der Waals surface area contributed by atoms with Gasteiger partial charge < -0.3 is 4.90 Å². The Labute approximate surface area is 95.3 Å². The van der Waals surface area contributed by atoms with Gasteiger partial charge in [0.15, 0.2) is 0 Å². The molecule has 1 fully saturated rings. The molecule has 1 heterocycles. The van der Waals surface area contributed by atoms with Crippen LogP contribution in [-0.2, 0) is 11.2 Å². The summed E-state index contributed by atoms with van der Waals surface area (Å²) in [5.74, 6) is -0.0995. The second-order valence-electron chi connectivity index (χ2n) is 4.06. The summed E-state index contributed by atoms with van der Waals surface area (Å²) < 4.78 is 0. The highest BCUT2D eigenvalue weighted by Crippen LogP contribution is 2.25. The van der Waals surface area contributed by atoms with E-state index < -0.39 is 0 Å². The average molecular weight is 214 g/mol. The number of benzene rings is 1. The molecule has 82 valence electrons. The van der Waals surface area contributed by atoms with Crippen molar-refractivity contribution in [3.63, 3.8) is 0 Å². The van der Waals surface area contributed by atoms with Gasteiger partial charge in [0.25, 0.3) is 0 Å². The van der Waals surface area contributed by atoms with Crippen molar-refractivity contribution < 1.29 is 4.79 Å². The Bertz CT molecular complexity index is 447. The van der Waals surface area contributed by atoms with Crippen LogP contribution in [0.15, 0.2) is 24.3 Å². The predicted octanol–water partition coefficient (Wildman–Crippen LogP) is 2.13. The van der Waals surface area contributed by atoms with Gasteiger partial charge >= 0.3 is 0 Å². The fraction of sp³-hybridized carbons (Fsp3) is 0.385. The second-order valence-corrected chi connectivity index (χ2v) is 4.06. The third-order valence-electron chi connectivity index (χ3n) is 2.94. The minimum Gasteiger partial charge on any atom is -0.311 e. The van der Waals surface area contributed by atoms with Crippen LogP contribution in [0.1, 0.15) is 18.9 Å². The van der Waals surface area contributed by atoms with E-state index in [0.717, 1.165) is 12.1 Å². The first kappa shape index (κ1) is 10.7. The molecule has 2 rings (SSSR count). The highest BCUT2D eigenvalue weighted by Gasteiger charge is 2.30. The van der Waals surface area contributed by atoms with E-state index >= 15 is 0 Å². The maximum Gasteiger partial charge on any atom is 0.228 e. The van der Waals surface area contributed by atoms with Crippen LogP contribution in [0.2, 0.25) is 0 Å². The lowest BCUT2D eigenvalue weighted by atomic mass is 10.1. The number of rotatable bonds is 2. The zero-order chi connectivity index (χ0) is 11.5. The molecule has 0 saturated carbocycles. The van der Waals surface area contributed by atoms with Gasteiger partial charge in [-0.05, 0) is 24.1 Å². The van der Waals surface area contributed by atoms with Crippen LogP contribution in [0.5, 0.6) is 0 Å². The zero-order valence-electron chi connectivity index (χ0n) is 9.31. The highest BCUT2D eigenvalue weighted by molar-refractivity contribution is 5.96. The van der Waals surface area contributed by atoms with Crippen LogP contribution < -0.4 is 4.90 Å². The molecule has 1 amide bonds. The maximum absolute atomic E-state index is 11.7. The van der Waals surface area contributed by atoms with E-state index in [2.05, 4.69) is 13.0 Å². The number of hydrogen-bond acceptors (Lipinski definition) is 2. The van der Waals surface area contributed by atoms with Crippen molar-refractivity contribution in [1.29, 1.82) is 5.26 Å². The predicted molar refractivity (Wildman–Crippen MR) is 61.9 cm³/mol. The maximum atomic E-state index is 11.7. The minimum atomic E-state index is -0.155. The lowest BCUT2D eigenvalue weighted by molar-refractivity contribution is -0.117. The molecule has 1 aliphatic rings. The number of carbonyl (C=O) groups is 1. The molecule has 3 nitrogen and oxygen atoms in total. The van der Waals surface area contributed by atoms with E-state index in [9.17, 15) is 4.79 Å². The Morgan fingerprint density at radius 3 is 3.00 bits per heavy atom. The number of amides is 1. The molecule has 1 unspecified atom stereocenters. The first-order chi connectivity index (χ1) is 7.74. The molecule has 1 aliphatic heterocycles. The van der Waals surface area contributed by atoms with E-state index in [1.807, 2.05) is 24.3 Å². The fourth-order valence-electron chi connectivity index (χ4n) is 1.99. The van der Waals surface area contributed by atoms with E-state index in [0.29, 0.717) is 13.0 Å². The molecule has 1 aromatic rings. The number of aryl methyl sites for hydroxylation is 1. The summed E-state index contributed by atoms with van der Waals surface area (Å²) in [7, 11) is 0. The molecule has 1 aromatic carbocycles. The van der Waals surface area contributed by atoms with E-state index in [4.69, 9.17) is 5.26 Å². The van der Waals surface area contributed by atoms with Crippen molar-refractivity contribution >= 4 is 11.6 Å². The molecule has 0 aliphatic carbocycles. The SMILES string of the molecule is CCc1cccc(N2CC(C#N)CC2=O)c1. The van der Waals surface area contributed by atoms with Crippen molar-refractivity contribution in [2.45, 2.75) is 19.8 Å². The number of hydrogen-bond donors (Lipinski definition) is 0. The standard InChI is InChI=1S/C13H14N2O/c1-2-10-4-3-5-12(6-10)15-9-11(8-14)7-13(15)16/h3-6,11H,2,7,9H2,1H3. The van der Waals surface area contributed by atoms with Gasteiger partial charge in [0.2, 0.25) is 5.91 Å². The first-order valence-corrected chi connectivity index (χ1v) is 5.53. The average Bonchev–Trinajstić information content (AvgIpc) is 2.71. The zero-order valence-corrected chi connectivity index (χ0v) is 9.31. The first-order valence-electron chi connectivity index (χ1n) is 5.53. The Hall–Kier alpha value is -1.82. The van der Waals surface area contributed by atoms with Gasteiger partial charge in [-0.15, -0.1) is 0 Å². The Morgan fingerprint density at radius 2 is 2.38 bits per heavy atom. The van der Waals surface area contributed by atoms with Gasteiger partial charge in [0.05, 0.1) is 12.0 Å². The molecule has 1 atom stereocenters. The van der Waals surface area contributed by atoms with Crippen molar-refractivity contribution in [3.05, 3.63) is 29.8 Å². The largest absolute Gasteiger partial charge is 0.311 e. The summed E-state index contributed by atoms with van der Waals surface area (Å²) in [6, 6.07) is 10.1. The summed E-state index contributed by atoms with van der Waals surface area (Å²) >= 11 is 0. The molecular formula is C13H14N2O. The van der Waals surface area contributed by atoms with Gasteiger partial charge in [-0.3, -0.25) is 4.79 Å². The van der Waals surface area contributed by atoms with E-state index in [-0.39, 0.29) is 11.8 Å². The number of nitrogens with zero attached hydrogens (tertiary/aromatic N) is 2. The van der Waals surface area contributed by atoms with Crippen molar-refractivity contribution in [1.82, 2.24) is 0 Å². The molecule has 0 spiro atoms. The molecule has 0 bridgehead atoms. The van der Waals surface area contributed by atoms with Gasteiger partial charge in [-0.2, -0.15) is 5.26 Å².